The van der Waals surface area contributed by atoms with Gasteiger partial charge in [-0.2, -0.15) is 0 Å². The van der Waals surface area contributed by atoms with Crippen LogP contribution in [0, 0.1) is 0 Å². The highest BCUT2D eigenvalue weighted by Crippen LogP contribution is 2.15. The van der Waals surface area contributed by atoms with Gasteiger partial charge in [0.1, 0.15) is 5.76 Å². The van der Waals surface area contributed by atoms with Gasteiger partial charge in [0.25, 0.3) is 5.91 Å². The maximum absolute atomic E-state index is 11.6. The summed E-state index contributed by atoms with van der Waals surface area (Å²) in [5, 5.41) is 3.07. The van der Waals surface area contributed by atoms with Crippen LogP contribution in [0.15, 0.2) is 51.6 Å². The summed E-state index contributed by atoms with van der Waals surface area (Å²) in [6, 6.07) is 10.0. The van der Waals surface area contributed by atoms with Gasteiger partial charge in [0.05, 0.1) is 0 Å². The van der Waals surface area contributed by atoms with Crippen molar-refractivity contribution >= 4 is 51.2 Å². The van der Waals surface area contributed by atoms with Gasteiger partial charge in [0.15, 0.2) is 11.3 Å². The smallest absolute Gasteiger partial charge is 0.331 e. The summed E-state index contributed by atoms with van der Waals surface area (Å²) in [6.07, 6.45) is 2.62. The van der Waals surface area contributed by atoms with Crippen LogP contribution in [0.25, 0.3) is 6.08 Å². The van der Waals surface area contributed by atoms with Crippen molar-refractivity contribution < 1.29 is 18.7 Å². The average molecular weight is 385 g/mol. The van der Waals surface area contributed by atoms with Gasteiger partial charge in [-0.25, -0.2) is 4.79 Å². The number of benzene rings is 1. The van der Waals surface area contributed by atoms with Gasteiger partial charge in [-0.1, -0.05) is 17.7 Å². The molecule has 0 unspecified atom stereocenters. The summed E-state index contributed by atoms with van der Waals surface area (Å²) >= 11 is 8.95. The number of anilines is 1. The van der Waals surface area contributed by atoms with E-state index in [2.05, 4.69) is 21.2 Å². The van der Waals surface area contributed by atoms with Crippen molar-refractivity contribution in [3.63, 3.8) is 0 Å². The van der Waals surface area contributed by atoms with Crippen molar-refractivity contribution in [1.29, 1.82) is 0 Å². The molecule has 2 rings (SSSR count). The minimum atomic E-state index is -0.645. The fourth-order valence-corrected chi connectivity index (χ4v) is 2.03. The molecule has 0 aliphatic rings. The summed E-state index contributed by atoms with van der Waals surface area (Å²) < 4.78 is 10.5. The van der Waals surface area contributed by atoms with E-state index in [1.165, 1.54) is 12.2 Å². The standard InChI is InChI=1S/C15H11BrClNO4/c16-13-6-4-12(22-13)5-7-15(20)21-9-14(19)18-11-3-1-2-10(17)8-11/h1-8H,9H2,(H,18,19)/b7-5+. The van der Waals surface area contributed by atoms with Gasteiger partial charge in [0.2, 0.25) is 0 Å². The molecule has 0 bridgehead atoms. The highest BCUT2D eigenvalue weighted by molar-refractivity contribution is 9.10. The van der Waals surface area contributed by atoms with E-state index in [4.69, 9.17) is 20.8 Å². The SMILES string of the molecule is O=C(COC(=O)/C=C/c1ccc(Br)o1)Nc1cccc(Cl)c1. The maximum Gasteiger partial charge on any atom is 0.331 e. The van der Waals surface area contributed by atoms with Gasteiger partial charge >= 0.3 is 5.97 Å². The molecule has 0 saturated heterocycles. The van der Waals surface area contributed by atoms with Crippen molar-refractivity contribution in [2.24, 2.45) is 0 Å². The van der Waals surface area contributed by atoms with E-state index in [-0.39, 0.29) is 0 Å². The molecule has 0 spiro atoms. The molecule has 1 heterocycles. The number of amides is 1. The van der Waals surface area contributed by atoms with Gasteiger partial charge in [-0.3, -0.25) is 4.79 Å². The van der Waals surface area contributed by atoms with Gasteiger partial charge < -0.3 is 14.5 Å². The molecule has 1 amide bonds. The minimum absolute atomic E-state index is 0.391. The summed E-state index contributed by atoms with van der Waals surface area (Å²) in [7, 11) is 0. The molecule has 1 aromatic heterocycles. The minimum Gasteiger partial charge on any atom is -0.452 e. The first-order valence-electron chi connectivity index (χ1n) is 6.18. The van der Waals surface area contributed by atoms with Crippen LogP contribution >= 0.6 is 27.5 Å². The molecule has 0 aliphatic carbocycles. The van der Waals surface area contributed by atoms with Crippen molar-refractivity contribution in [3.05, 3.63) is 57.9 Å². The predicted octanol–water partition coefficient (Wildman–Crippen LogP) is 3.89. The topological polar surface area (TPSA) is 68.5 Å². The van der Waals surface area contributed by atoms with Gasteiger partial charge in [-0.15, -0.1) is 0 Å². The second kappa shape index (κ2) is 7.82. The molecule has 0 fully saturated rings. The molecular formula is C15H11BrClNO4. The van der Waals surface area contributed by atoms with E-state index in [0.29, 0.717) is 21.1 Å². The van der Waals surface area contributed by atoms with E-state index in [9.17, 15) is 9.59 Å². The molecule has 114 valence electrons. The zero-order chi connectivity index (χ0) is 15.9. The highest BCUT2D eigenvalue weighted by Gasteiger charge is 2.06. The molecule has 5 nitrogen and oxygen atoms in total. The lowest BCUT2D eigenvalue weighted by atomic mass is 10.3. The molecule has 7 heteroatoms. The van der Waals surface area contributed by atoms with Crippen LogP contribution in [0.4, 0.5) is 5.69 Å². The Morgan fingerprint density at radius 2 is 2.14 bits per heavy atom. The predicted molar refractivity (Wildman–Crippen MR) is 86.5 cm³/mol. The van der Waals surface area contributed by atoms with E-state index < -0.39 is 18.5 Å². The summed E-state index contributed by atoms with van der Waals surface area (Å²) in [6.45, 7) is -0.391. The Morgan fingerprint density at radius 1 is 1.32 bits per heavy atom. The van der Waals surface area contributed by atoms with Crippen molar-refractivity contribution in [3.8, 4) is 0 Å². The molecule has 0 atom stereocenters. The Morgan fingerprint density at radius 3 is 2.82 bits per heavy atom. The van der Waals surface area contributed by atoms with Crippen LogP contribution in [0.3, 0.4) is 0 Å². The average Bonchev–Trinajstić information content (AvgIpc) is 2.89. The van der Waals surface area contributed by atoms with E-state index >= 15 is 0 Å². The number of hydrogen-bond donors (Lipinski definition) is 1. The Kier molecular flexibility index (Phi) is 5.80. The number of rotatable bonds is 5. The summed E-state index contributed by atoms with van der Waals surface area (Å²) in [4.78, 5) is 23.1. The molecule has 0 radical (unpaired) electrons. The monoisotopic (exact) mass is 383 g/mol. The number of carbonyl (C=O) groups is 2. The summed E-state index contributed by atoms with van der Waals surface area (Å²) in [5.74, 6) is -0.606. The first-order chi connectivity index (χ1) is 10.5. The number of nitrogens with one attached hydrogen (secondary N) is 1. The number of furan rings is 1. The number of hydrogen-bond acceptors (Lipinski definition) is 4. The van der Waals surface area contributed by atoms with Gasteiger partial charge in [-0.05, 0) is 52.3 Å². The molecule has 0 aliphatic heterocycles. The molecule has 1 aromatic carbocycles. The quantitative estimate of drug-likeness (QED) is 0.627. The zero-order valence-electron chi connectivity index (χ0n) is 11.2. The van der Waals surface area contributed by atoms with Crippen molar-refractivity contribution in [1.82, 2.24) is 0 Å². The number of ether oxygens (including phenoxy) is 1. The fraction of sp³-hybridized carbons (Fsp3) is 0.0667. The van der Waals surface area contributed by atoms with Crippen LogP contribution in [0.2, 0.25) is 5.02 Å². The van der Waals surface area contributed by atoms with Crippen LogP contribution in [-0.2, 0) is 14.3 Å². The molecule has 1 N–H and O–H groups in total. The van der Waals surface area contributed by atoms with E-state index in [1.807, 2.05) is 0 Å². The number of esters is 1. The lowest BCUT2D eigenvalue weighted by Crippen LogP contribution is -2.20. The molecule has 22 heavy (non-hydrogen) atoms. The van der Waals surface area contributed by atoms with Gasteiger partial charge in [0, 0.05) is 16.8 Å². The first kappa shape index (κ1) is 16.3. The van der Waals surface area contributed by atoms with Crippen molar-refractivity contribution in [2.75, 3.05) is 11.9 Å². The number of halogens is 2. The third-order valence-electron chi connectivity index (χ3n) is 2.43. The maximum atomic E-state index is 11.6. The van der Waals surface area contributed by atoms with Crippen LogP contribution in [0.1, 0.15) is 5.76 Å². The first-order valence-corrected chi connectivity index (χ1v) is 7.35. The third-order valence-corrected chi connectivity index (χ3v) is 3.09. The van der Waals surface area contributed by atoms with Crippen molar-refractivity contribution in [2.45, 2.75) is 0 Å². The number of carbonyl (C=O) groups excluding carboxylic acids is 2. The molecule has 2 aromatic rings. The largest absolute Gasteiger partial charge is 0.452 e. The Balaban J connectivity index is 1.78. The summed E-state index contributed by atoms with van der Waals surface area (Å²) in [5.41, 5.74) is 0.532. The van der Waals surface area contributed by atoms with Crippen LogP contribution < -0.4 is 5.32 Å². The lowest BCUT2D eigenvalue weighted by Gasteiger charge is -2.05. The van der Waals surface area contributed by atoms with Crippen LogP contribution in [-0.4, -0.2) is 18.5 Å². The third kappa shape index (κ3) is 5.38. The Labute approximate surface area is 140 Å². The fourth-order valence-electron chi connectivity index (χ4n) is 1.52. The normalized spacial score (nSPS) is 10.6. The van der Waals surface area contributed by atoms with E-state index in [1.54, 1.807) is 36.4 Å². The zero-order valence-corrected chi connectivity index (χ0v) is 13.6. The molecular weight excluding hydrogens is 374 g/mol. The van der Waals surface area contributed by atoms with E-state index in [0.717, 1.165) is 0 Å². The van der Waals surface area contributed by atoms with Crippen LogP contribution in [0.5, 0.6) is 0 Å². The Bertz CT molecular complexity index is 711. The molecule has 0 saturated carbocycles. The highest BCUT2D eigenvalue weighted by atomic mass is 79.9. The lowest BCUT2D eigenvalue weighted by molar-refractivity contribution is -0.142. The second-order valence-corrected chi connectivity index (χ2v) is 5.36. The Hall–Kier alpha value is -2.05. The second-order valence-electron chi connectivity index (χ2n) is 4.14.